The van der Waals surface area contributed by atoms with Crippen molar-refractivity contribution in [2.24, 2.45) is 5.84 Å². The number of aromatic nitrogens is 2. The minimum Gasteiger partial charge on any atom is -0.306 e. The summed E-state index contributed by atoms with van der Waals surface area (Å²) < 4.78 is 13.5. The van der Waals surface area contributed by atoms with Crippen LogP contribution in [0.15, 0.2) is 24.3 Å². The van der Waals surface area contributed by atoms with Crippen molar-refractivity contribution in [3.63, 3.8) is 0 Å². The number of nitrogen functional groups attached to an aromatic ring is 1. The smallest absolute Gasteiger partial charge is 0.269 e. The van der Waals surface area contributed by atoms with Crippen LogP contribution >= 0.6 is 0 Å². The number of non-ortho nitro benzene ring substituents is 1. The van der Waals surface area contributed by atoms with E-state index in [4.69, 9.17) is 5.84 Å². The van der Waals surface area contributed by atoms with Gasteiger partial charge in [-0.05, 0) is 19.1 Å². The van der Waals surface area contributed by atoms with E-state index >= 15 is 0 Å². The monoisotopic (exact) mass is 263 g/mol. The molecule has 7 nitrogen and oxygen atoms in total. The first kappa shape index (κ1) is 12.8. The highest BCUT2D eigenvalue weighted by Crippen LogP contribution is 2.22. The molecule has 3 N–H and O–H groups in total. The average molecular weight is 263 g/mol. The Morgan fingerprint density at radius 1 is 1.32 bits per heavy atom. The Morgan fingerprint density at radius 3 is 2.47 bits per heavy atom. The Kier molecular flexibility index (Phi) is 3.34. The van der Waals surface area contributed by atoms with E-state index in [0.29, 0.717) is 5.56 Å². The number of anilines is 1. The van der Waals surface area contributed by atoms with Gasteiger partial charge in [-0.15, -0.1) is 0 Å². The normalized spacial score (nSPS) is 10.3. The molecule has 0 radical (unpaired) electrons. The van der Waals surface area contributed by atoms with Crippen LogP contribution in [0.25, 0.3) is 11.4 Å². The Balaban J connectivity index is 2.47. The molecule has 0 fully saturated rings. The van der Waals surface area contributed by atoms with Crippen molar-refractivity contribution in [2.75, 3.05) is 5.43 Å². The van der Waals surface area contributed by atoms with Gasteiger partial charge in [0.15, 0.2) is 17.5 Å². The van der Waals surface area contributed by atoms with Gasteiger partial charge in [-0.25, -0.2) is 20.2 Å². The maximum atomic E-state index is 13.5. The first-order chi connectivity index (χ1) is 9.02. The van der Waals surface area contributed by atoms with Crippen molar-refractivity contribution in [2.45, 2.75) is 6.92 Å². The third kappa shape index (κ3) is 2.47. The van der Waals surface area contributed by atoms with E-state index in [1.165, 1.54) is 31.2 Å². The highest BCUT2D eigenvalue weighted by Gasteiger charge is 2.12. The van der Waals surface area contributed by atoms with Gasteiger partial charge in [-0.1, -0.05) is 0 Å². The molecule has 2 aromatic rings. The predicted molar refractivity (Wildman–Crippen MR) is 66.6 cm³/mol. The van der Waals surface area contributed by atoms with Crippen LogP contribution in [-0.2, 0) is 0 Å². The van der Waals surface area contributed by atoms with E-state index in [1.807, 2.05) is 0 Å². The lowest BCUT2D eigenvalue weighted by Gasteiger charge is -2.07. The number of nitro benzene ring substituents is 1. The van der Waals surface area contributed by atoms with Gasteiger partial charge >= 0.3 is 0 Å². The summed E-state index contributed by atoms with van der Waals surface area (Å²) in [7, 11) is 0. The molecule has 0 atom stereocenters. The molecule has 0 spiro atoms. The third-order valence-electron chi connectivity index (χ3n) is 2.49. The van der Waals surface area contributed by atoms with Crippen molar-refractivity contribution in [3.05, 3.63) is 45.9 Å². The number of benzene rings is 1. The molecule has 0 aliphatic rings. The molecule has 8 heteroatoms. The van der Waals surface area contributed by atoms with E-state index in [9.17, 15) is 14.5 Å². The SMILES string of the molecule is Cc1nc(-c2ccc([N+](=O)[O-])cc2)nc(NN)c1F. The van der Waals surface area contributed by atoms with Crippen LogP contribution in [0.2, 0.25) is 0 Å². The molecule has 0 saturated heterocycles. The fourth-order valence-corrected chi connectivity index (χ4v) is 1.52. The zero-order chi connectivity index (χ0) is 14.0. The van der Waals surface area contributed by atoms with Crippen molar-refractivity contribution in [1.29, 1.82) is 0 Å². The van der Waals surface area contributed by atoms with E-state index < -0.39 is 10.7 Å². The molecule has 0 aliphatic heterocycles. The zero-order valence-corrected chi connectivity index (χ0v) is 9.92. The Hall–Kier alpha value is -2.61. The van der Waals surface area contributed by atoms with Crippen molar-refractivity contribution < 1.29 is 9.31 Å². The molecule has 0 saturated carbocycles. The number of nitrogens with zero attached hydrogens (tertiary/aromatic N) is 3. The quantitative estimate of drug-likeness (QED) is 0.496. The van der Waals surface area contributed by atoms with Gasteiger partial charge in [0, 0.05) is 17.7 Å². The van der Waals surface area contributed by atoms with Gasteiger partial charge in [0.2, 0.25) is 0 Å². The fourth-order valence-electron chi connectivity index (χ4n) is 1.52. The summed E-state index contributed by atoms with van der Waals surface area (Å²) in [6.45, 7) is 1.48. The highest BCUT2D eigenvalue weighted by atomic mass is 19.1. The molecule has 98 valence electrons. The van der Waals surface area contributed by atoms with Crippen LogP contribution in [0.5, 0.6) is 0 Å². The molecule has 0 unspecified atom stereocenters. The summed E-state index contributed by atoms with van der Waals surface area (Å²) in [5.41, 5.74) is 2.77. The van der Waals surface area contributed by atoms with Crippen LogP contribution in [-0.4, -0.2) is 14.9 Å². The van der Waals surface area contributed by atoms with Crippen LogP contribution in [0.3, 0.4) is 0 Å². The highest BCUT2D eigenvalue weighted by molar-refractivity contribution is 5.59. The van der Waals surface area contributed by atoms with Crippen LogP contribution in [0.1, 0.15) is 5.69 Å². The predicted octanol–water partition coefficient (Wildman–Crippen LogP) is 1.78. The van der Waals surface area contributed by atoms with Crippen LogP contribution < -0.4 is 11.3 Å². The number of hydrogen-bond donors (Lipinski definition) is 2. The lowest BCUT2D eigenvalue weighted by molar-refractivity contribution is -0.384. The van der Waals surface area contributed by atoms with Crippen molar-refractivity contribution in [3.8, 4) is 11.4 Å². The number of aryl methyl sites for hydroxylation is 1. The summed E-state index contributed by atoms with van der Waals surface area (Å²) in [4.78, 5) is 17.9. The zero-order valence-electron chi connectivity index (χ0n) is 9.92. The maximum Gasteiger partial charge on any atom is 0.269 e. The molecular formula is C11H10FN5O2. The molecule has 0 bridgehead atoms. The third-order valence-corrected chi connectivity index (χ3v) is 2.49. The number of hydrogen-bond acceptors (Lipinski definition) is 6. The minimum atomic E-state index is -0.631. The van der Waals surface area contributed by atoms with E-state index in [1.54, 1.807) is 0 Å². The van der Waals surface area contributed by atoms with E-state index in [-0.39, 0.29) is 23.0 Å². The molecule has 2 rings (SSSR count). The van der Waals surface area contributed by atoms with Gasteiger partial charge in [0.05, 0.1) is 10.6 Å². The molecule has 1 aromatic heterocycles. The second kappa shape index (κ2) is 4.94. The lowest BCUT2D eigenvalue weighted by Crippen LogP contribution is -2.13. The fraction of sp³-hybridized carbons (Fsp3) is 0.0909. The Bertz CT molecular complexity index is 630. The van der Waals surface area contributed by atoms with Gasteiger partial charge in [-0.3, -0.25) is 10.1 Å². The lowest BCUT2D eigenvalue weighted by atomic mass is 10.2. The summed E-state index contributed by atoms with van der Waals surface area (Å²) >= 11 is 0. The molecular weight excluding hydrogens is 253 g/mol. The summed E-state index contributed by atoms with van der Waals surface area (Å²) in [6, 6.07) is 5.64. The molecule has 1 heterocycles. The number of hydrazine groups is 1. The second-order valence-electron chi connectivity index (χ2n) is 3.74. The van der Waals surface area contributed by atoms with Crippen molar-refractivity contribution in [1.82, 2.24) is 9.97 Å². The summed E-state index contributed by atoms with van der Waals surface area (Å²) in [5, 5.41) is 10.5. The van der Waals surface area contributed by atoms with Gasteiger partial charge in [0.25, 0.3) is 5.69 Å². The second-order valence-corrected chi connectivity index (χ2v) is 3.74. The maximum absolute atomic E-state index is 13.5. The standard InChI is InChI=1S/C11H10FN5O2/c1-6-9(12)11(16-13)15-10(14-6)7-2-4-8(5-3-7)17(18)19/h2-5H,13H2,1H3,(H,14,15,16). The van der Waals surface area contributed by atoms with E-state index in [0.717, 1.165) is 0 Å². The molecule has 0 aliphatic carbocycles. The van der Waals surface area contributed by atoms with Crippen LogP contribution in [0, 0.1) is 22.9 Å². The summed E-state index contributed by atoms with van der Waals surface area (Å²) in [6.07, 6.45) is 0. The van der Waals surface area contributed by atoms with Gasteiger partial charge < -0.3 is 5.43 Å². The Morgan fingerprint density at radius 2 is 1.95 bits per heavy atom. The summed E-state index contributed by atoms with van der Waals surface area (Å²) in [5.74, 6) is 4.64. The van der Waals surface area contributed by atoms with E-state index in [2.05, 4.69) is 15.4 Å². The van der Waals surface area contributed by atoms with Gasteiger partial charge in [0.1, 0.15) is 0 Å². The van der Waals surface area contributed by atoms with Gasteiger partial charge in [-0.2, -0.15) is 0 Å². The minimum absolute atomic E-state index is 0.0419. The Labute approximate surface area is 107 Å². The number of nitrogens with two attached hydrogens (primary N) is 1. The van der Waals surface area contributed by atoms with Crippen LogP contribution in [0.4, 0.5) is 15.9 Å². The molecule has 1 aromatic carbocycles. The number of rotatable bonds is 3. The topological polar surface area (TPSA) is 107 Å². The average Bonchev–Trinajstić information content (AvgIpc) is 2.41. The number of nitrogens with one attached hydrogen (secondary N) is 1. The largest absolute Gasteiger partial charge is 0.306 e. The molecule has 19 heavy (non-hydrogen) atoms. The number of nitro groups is 1. The first-order valence-corrected chi connectivity index (χ1v) is 5.28. The van der Waals surface area contributed by atoms with Crippen molar-refractivity contribution >= 4 is 11.5 Å². The molecule has 0 amide bonds. The number of halogens is 1. The first-order valence-electron chi connectivity index (χ1n) is 5.28.